The summed E-state index contributed by atoms with van der Waals surface area (Å²) < 4.78 is 50.8. The van der Waals surface area contributed by atoms with Crippen LogP contribution in [0.25, 0.3) is 0 Å². The van der Waals surface area contributed by atoms with E-state index >= 15 is 0 Å². The molecule has 0 atom stereocenters. The summed E-state index contributed by atoms with van der Waals surface area (Å²) in [6, 6.07) is 10.7. The molecule has 1 aromatic heterocycles. The molecule has 10 heteroatoms. The van der Waals surface area contributed by atoms with Gasteiger partial charge < -0.3 is 14.2 Å². The Balaban J connectivity index is 1.27. The highest BCUT2D eigenvalue weighted by atomic mass is 19.4. The van der Waals surface area contributed by atoms with Gasteiger partial charge in [0.25, 0.3) is 5.91 Å². The van der Waals surface area contributed by atoms with Crippen molar-refractivity contribution in [3.05, 3.63) is 76.4 Å². The molecule has 7 rings (SSSR count). The van der Waals surface area contributed by atoms with Crippen LogP contribution in [0.5, 0.6) is 0 Å². The van der Waals surface area contributed by atoms with Gasteiger partial charge in [-0.05, 0) is 85.9 Å². The molecule has 1 saturated heterocycles. The van der Waals surface area contributed by atoms with Gasteiger partial charge in [0.05, 0.1) is 30.7 Å². The quantitative estimate of drug-likeness (QED) is 0.414. The van der Waals surface area contributed by atoms with E-state index in [4.69, 9.17) is 4.74 Å². The highest BCUT2D eigenvalue weighted by Gasteiger charge is 2.63. The van der Waals surface area contributed by atoms with Crippen molar-refractivity contribution < 1.29 is 22.7 Å². The van der Waals surface area contributed by atoms with E-state index in [0.717, 1.165) is 24.2 Å². The number of halogens is 3. The lowest BCUT2D eigenvalue weighted by Crippen LogP contribution is -2.48. The van der Waals surface area contributed by atoms with Gasteiger partial charge in [-0.25, -0.2) is 0 Å². The second kappa shape index (κ2) is 8.88. The van der Waals surface area contributed by atoms with Gasteiger partial charge in [-0.1, -0.05) is 12.1 Å². The van der Waals surface area contributed by atoms with E-state index in [1.807, 2.05) is 49.7 Å². The number of hydrogen-bond acceptors (Lipinski definition) is 5. The minimum Gasteiger partial charge on any atom is -0.379 e. The maximum Gasteiger partial charge on any atom is 0.416 e. The van der Waals surface area contributed by atoms with Gasteiger partial charge in [0.15, 0.2) is 0 Å². The second-order valence-corrected chi connectivity index (χ2v) is 12.8. The Bertz CT molecular complexity index is 1530. The number of hydrogen-bond donors (Lipinski definition) is 0. The molecule has 41 heavy (non-hydrogen) atoms. The zero-order valence-electron chi connectivity index (χ0n) is 23.6. The predicted molar refractivity (Wildman–Crippen MR) is 147 cm³/mol. The predicted octanol–water partition coefficient (Wildman–Crippen LogP) is 5.42. The minimum absolute atomic E-state index is 0.0398. The second-order valence-electron chi connectivity index (χ2n) is 12.8. The van der Waals surface area contributed by atoms with Crippen molar-refractivity contribution in [3.63, 3.8) is 0 Å². The van der Waals surface area contributed by atoms with Gasteiger partial charge in [-0.2, -0.15) is 13.2 Å². The van der Waals surface area contributed by atoms with E-state index in [1.54, 1.807) is 12.4 Å². The number of fused-ring (bicyclic) bond motifs is 1. The highest BCUT2D eigenvalue weighted by molar-refractivity contribution is 6.10. The van der Waals surface area contributed by atoms with Gasteiger partial charge in [0.2, 0.25) is 0 Å². The zero-order valence-corrected chi connectivity index (χ0v) is 23.6. The molecule has 0 radical (unpaired) electrons. The van der Waals surface area contributed by atoms with E-state index in [1.165, 1.54) is 23.8 Å². The number of alkyl halides is 3. The van der Waals surface area contributed by atoms with Crippen LogP contribution in [0.4, 0.5) is 18.9 Å². The zero-order chi connectivity index (χ0) is 28.8. The number of nitrogens with zero attached hydrogens (tertiary/aromatic N) is 5. The number of morpholine rings is 1. The number of aromatic nitrogens is 3. The molecule has 7 nitrogen and oxygen atoms in total. The molecule has 3 fully saturated rings. The standard InChI is InChI=1S/C31H34F3N5O2/c1-28(2,38-9-11-41-12-10-38)21-14-23-24(25(15-21)31(32,33)34)16-39(26(23)40)22-6-4-5-20(13-22)30(17-29(18-30)7-8-29)27-36-35-19-37(27)3/h4-6,13-15,19H,7-12,16-18H2,1-3H3. The van der Waals surface area contributed by atoms with Gasteiger partial charge in [-0.15, -0.1) is 10.2 Å². The van der Waals surface area contributed by atoms with Gasteiger partial charge >= 0.3 is 6.18 Å². The van der Waals surface area contributed by atoms with Crippen molar-refractivity contribution in [2.45, 2.75) is 63.2 Å². The fourth-order valence-corrected chi connectivity index (χ4v) is 7.47. The van der Waals surface area contributed by atoms with Gasteiger partial charge in [0, 0.05) is 36.9 Å². The van der Waals surface area contributed by atoms with Crippen molar-refractivity contribution >= 4 is 11.6 Å². The molecule has 216 valence electrons. The Morgan fingerprint density at radius 1 is 1.02 bits per heavy atom. The monoisotopic (exact) mass is 565 g/mol. The van der Waals surface area contributed by atoms with E-state index < -0.39 is 23.2 Å². The van der Waals surface area contributed by atoms with Crippen LogP contribution >= 0.6 is 0 Å². The molecule has 0 bridgehead atoms. The molecule has 2 aromatic carbocycles. The number of anilines is 1. The Hall–Kier alpha value is -3.24. The summed E-state index contributed by atoms with van der Waals surface area (Å²) in [5.74, 6) is 0.486. The third-order valence-electron chi connectivity index (χ3n) is 10.0. The molecular formula is C31H34F3N5O2. The van der Waals surface area contributed by atoms with E-state index in [0.29, 0.717) is 43.0 Å². The molecule has 0 N–H and O–H groups in total. The van der Waals surface area contributed by atoms with Crippen LogP contribution in [0.3, 0.4) is 0 Å². The van der Waals surface area contributed by atoms with Crippen LogP contribution in [0, 0.1) is 5.41 Å². The number of carbonyl (C=O) groups excluding carboxylic acids is 1. The van der Waals surface area contributed by atoms with Gasteiger partial charge in [-0.3, -0.25) is 9.69 Å². The molecule has 1 spiro atoms. The van der Waals surface area contributed by atoms with Crippen LogP contribution < -0.4 is 4.90 Å². The Kier molecular flexibility index (Phi) is 5.77. The summed E-state index contributed by atoms with van der Waals surface area (Å²) in [5, 5.41) is 8.59. The summed E-state index contributed by atoms with van der Waals surface area (Å²) in [6.45, 7) is 6.00. The summed E-state index contributed by atoms with van der Waals surface area (Å²) >= 11 is 0. The van der Waals surface area contributed by atoms with Crippen LogP contribution in [0.15, 0.2) is 42.7 Å². The van der Waals surface area contributed by atoms with Crippen LogP contribution in [-0.4, -0.2) is 51.9 Å². The van der Waals surface area contributed by atoms with Crippen molar-refractivity contribution in [2.75, 3.05) is 31.2 Å². The first kappa shape index (κ1) is 26.6. The number of carbonyl (C=O) groups is 1. The topological polar surface area (TPSA) is 63.5 Å². The van der Waals surface area contributed by atoms with Gasteiger partial charge in [0.1, 0.15) is 12.2 Å². The SMILES string of the molecule is Cn1cnnc1C1(c2cccc(N3Cc4c(cc(C(C)(C)N5CCOCC5)cc4C(F)(F)F)C3=O)c2)CC2(CC2)C1. The number of benzene rings is 2. The number of aryl methyl sites for hydroxylation is 1. The Morgan fingerprint density at radius 3 is 2.39 bits per heavy atom. The van der Waals surface area contributed by atoms with Crippen molar-refractivity contribution in [2.24, 2.45) is 12.5 Å². The lowest BCUT2D eigenvalue weighted by Gasteiger charge is -2.48. The number of rotatable bonds is 5. The lowest BCUT2D eigenvalue weighted by molar-refractivity contribution is -0.138. The minimum atomic E-state index is -4.58. The number of ether oxygens (including phenoxy) is 1. The Morgan fingerprint density at radius 2 is 1.76 bits per heavy atom. The smallest absolute Gasteiger partial charge is 0.379 e. The molecule has 3 aromatic rings. The van der Waals surface area contributed by atoms with E-state index in [9.17, 15) is 18.0 Å². The fourth-order valence-electron chi connectivity index (χ4n) is 7.47. The van der Waals surface area contributed by atoms with E-state index in [-0.39, 0.29) is 23.1 Å². The lowest BCUT2D eigenvalue weighted by atomic mass is 9.56. The molecule has 4 aliphatic rings. The largest absolute Gasteiger partial charge is 0.416 e. The average molecular weight is 566 g/mol. The fraction of sp³-hybridized carbons (Fsp3) is 0.516. The van der Waals surface area contributed by atoms with E-state index in [2.05, 4.69) is 15.1 Å². The maximum absolute atomic E-state index is 14.5. The van der Waals surface area contributed by atoms with Crippen molar-refractivity contribution in [1.29, 1.82) is 0 Å². The molecule has 2 saturated carbocycles. The van der Waals surface area contributed by atoms with Crippen LogP contribution in [0.1, 0.15) is 78.0 Å². The third kappa shape index (κ3) is 4.13. The average Bonchev–Trinajstić information content (AvgIpc) is 3.49. The molecule has 1 amide bonds. The summed E-state index contributed by atoms with van der Waals surface area (Å²) in [4.78, 5) is 17.5. The third-order valence-corrected chi connectivity index (χ3v) is 10.0. The summed E-state index contributed by atoms with van der Waals surface area (Å²) in [6.07, 6.45) is 1.45. The van der Waals surface area contributed by atoms with Crippen LogP contribution in [-0.2, 0) is 35.5 Å². The molecular weight excluding hydrogens is 531 g/mol. The maximum atomic E-state index is 14.5. The first-order chi connectivity index (χ1) is 19.4. The Labute approximate surface area is 237 Å². The summed E-state index contributed by atoms with van der Waals surface area (Å²) in [7, 11) is 1.94. The normalized spacial score (nSPS) is 21.7. The van der Waals surface area contributed by atoms with Crippen molar-refractivity contribution in [3.8, 4) is 0 Å². The first-order valence-corrected chi connectivity index (χ1v) is 14.3. The number of amides is 1. The summed E-state index contributed by atoms with van der Waals surface area (Å²) in [5.41, 5.74) is 0.887. The highest BCUT2D eigenvalue weighted by Crippen LogP contribution is 2.70. The molecule has 0 unspecified atom stereocenters. The molecule has 2 aliphatic heterocycles. The first-order valence-electron chi connectivity index (χ1n) is 14.3. The van der Waals surface area contributed by atoms with Crippen molar-refractivity contribution in [1.82, 2.24) is 19.7 Å². The molecule has 2 aliphatic carbocycles. The van der Waals surface area contributed by atoms with Crippen LogP contribution in [0.2, 0.25) is 0 Å². The molecule has 3 heterocycles.